The maximum absolute atomic E-state index is 10.4. The van der Waals surface area contributed by atoms with Crippen molar-refractivity contribution in [3.63, 3.8) is 0 Å². The number of rotatable bonds is 5. The summed E-state index contributed by atoms with van der Waals surface area (Å²) >= 11 is 0. The summed E-state index contributed by atoms with van der Waals surface area (Å²) in [5.41, 5.74) is 2.77. The average Bonchev–Trinajstić information content (AvgIpc) is 2.44. The molecule has 0 fully saturated rings. The minimum atomic E-state index is -0.982. The molecule has 2 aromatic rings. The molecule has 0 saturated heterocycles. The summed E-state index contributed by atoms with van der Waals surface area (Å²) in [6.45, 7) is 0. The van der Waals surface area contributed by atoms with Crippen molar-refractivity contribution in [1.82, 2.24) is 9.97 Å². The topological polar surface area (TPSA) is 63.1 Å². The van der Waals surface area contributed by atoms with Crippen molar-refractivity contribution >= 4 is 12.0 Å². The Kier molecular flexibility index (Phi) is 4.39. The molecule has 0 spiro atoms. The number of carbonyl (C=O) groups is 1. The number of carboxylic acids is 1. The van der Waals surface area contributed by atoms with Crippen LogP contribution >= 0.6 is 0 Å². The molecule has 0 aliphatic heterocycles. The smallest absolute Gasteiger partial charge is 0.328 e. The zero-order valence-electron chi connectivity index (χ0n) is 10.4. The Morgan fingerprint density at radius 2 is 1.95 bits per heavy atom. The number of aliphatic carboxylic acids is 1. The van der Waals surface area contributed by atoms with Crippen LogP contribution in [0.15, 0.2) is 48.8 Å². The van der Waals surface area contributed by atoms with Gasteiger partial charge >= 0.3 is 5.97 Å². The van der Waals surface area contributed by atoms with Crippen LogP contribution in [0.1, 0.15) is 17.0 Å². The predicted molar refractivity (Wildman–Crippen MR) is 72.6 cm³/mol. The van der Waals surface area contributed by atoms with Crippen LogP contribution in [0, 0.1) is 0 Å². The highest BCUT2D eigenvalue weighted by atomic mass is 16.4. The molecule has 1 aromatic heterocycles. The van der Waals surface area contributed by atoms with Crippen LogP contribution in [0.5, 0.6) is 0 Å². The molecule has 0 aliphatic carbocycles. The first-order valence-electron chi connectivity index (χ1n) is 6.00. The lowest BCUT2D eigenvalue weighted by molar-refractivity contribution is -0.131. The van der Waals surface area contributed by atoms with Gasteiger partial charge in [0.05, 0.1) is 5.69 Å². The van der Waals surface area contributed by atoms with Gasteiger partial charge in [0.15, 0.2) is 0 Å². The minimum absolute atomic E-state index is 0.612. The normalized spacial score (nSPS) is 10.7. The highest BCUT2D eigenvalue weighted by molar-refractivity contribution is 5.84. The molecule has 0 aliphatic rings. The summed E-state index contributed by atoms with van der Waals surface area (Å²) in [5, 5.41) is 8.57. The van der Waals surface area contributed by atoms with Crippen molar-refractivity contribution in [2.45, 2.75) is 12.8 Å². The predicted octanol–water partition coefficient (Wildman–Crippen LogP) is 2.36. The molecule has 1 heterocycles. The maximum Gasteiger partial charge on any atom is 0.328 e. The highest BCUT2D eigenvalue weighted by Crippen LogP contribution is 2.06. The summed E-state index contributed by atoms with van der Waals surface area (Å²) in [5.74, 6) is -0.982. The fourth-order valence-electron chi connectivity index (χ4n) is 1.72. The second-order valence-corrected chi connectivity index (χ2v) is 4.09. The Balaban J connectivity index is 2.01. The number of aryl methyl sites for hydroxylation is 2. The SMILES string of the molecule is O=C(O)/C=C/c1cc(CCc2ccccc2)ncn1. The Bertz CT molecular complexity index is 580. The fraction of sp³-hybridized carbons (Fsp3) is 0.133. The molecule has 1 N–H and O–H groups in total. The third-order valence-electron chi connectivity index (χ3n) is 2.65. The number of hydrogen-bond donors (Lipinski definition) is 1. The maximum atomic E-state index is 10.4. The molecule has 0 radical (unpaired) electrons. The van der Waals surface area contributed by atoms with Gasteiger partial charge in [-0.05, 0) is 30.5 Å². The summed E-state index contributed by atoms with van der Waals surface area (Å²) in [6, 6.07) is 12.0. The monoisotopic (exact) mass is 254 g/mol. The summed E-state index contributed by atoms with van der Waals surface area (Å²) in [4.78, 5) is 18.6. The van der Waals surface area contributed by atoms with E-state index in [9.17, 15) is 4.79 Å². The van der Waals surface area contributed by atoms with Crippen LogP contribution in [0.4, 0.5) is 0 Å². The van der Waals surface area contributed by atoms with Gasteiger partial charge in [0.25, 0.3) is 0 Å². The van der Waals surface area contributed by atoms with Crippen LogP contribution in [0.2, 0.25) is 0 Å². The van der Waals surface area contributed by atoms with E-state index in [1.165, 1.54) is 18.0 Å². The fourth-order valence-corrected chi connectivity index (χ4v) is 1.72. The molecule has 96 valence electrons. The Hall–Kier alpha value is -2.49. The third-order valence-corrected chi connectivity index (χ3v) is 2.65. The highest BCUT2D eigenvalue weighted by Gasteiger charge is 1.99. The zero-order chi connectivity index (χ0) is 13.5. The van der Waals surface area contributed by atoms with E-state index >= 15 is 0 Å². The Morgan fingerprint density at radius 3 is 2.68 bits per heavy atom. The van der Waals surface area contributed by atoms with Crippen LogP contribution in [-0.2, 0) is 17.6 Å². The lowest BCUT2D eigenvalue weighted by Crippen LogP contribution is -1.96. The van der Waals surface area contributed by atoms with E-state index in [0.29, 0.717) is 5.69 Å². The number of carboxylic acid groups (broad SMARTS) is 1. The van der Waals surface area contributed by atoms with Gasteiger partial charge in [-0.1, -0.05) is 30.3 Å². The molecule has 19 heavy (non-hydrogen) atoms. The van der Waals surface area contributed by atoms with Gasteiger partial charge in [-0.25, -0.2) is 14.8 Å². The molecule has 0 bridgehead atoms. The number of benzene rings is 1. The largest absolute Gasteiger partial charge is 0.478 e. The van der Waals surface area contributed by atoms with Gasteiger partial charge < -0.3 is 5.11 Å². The van der Waals surface area contributed by atoms with Crippen molar-refractivity contribution in [2.75, 3.05) is 0 Å². The molecular formula is C15H14N2O2. The second kappa shape index (κ2) is 6.44. The molecule has 4 nitrogen and oxygen atoms in total. The van der Waals surface area contributed by atoms with E-state index in [4.69, 9.17) is 5.11 Å². The van der Waals surface area contributed by atoms with Gasteiger partial charge in [-0.3, -0.25) is 0 Å². The van der Waals surface area contributed by atoms with Crippen LogP contribution in [0.3, 0.4) is 0 Å². The Labute approximate surface area is 111 Å². The van der Waals surface area contributed by atoms with Crippen LogP contribution in [-0.4, -0.2) is 21.0 Å². The first-order valence-corrected chi connectivity index (χ1v) is 6.00. The molecule has 0 saturated carbocycles. The molecule has 0 unspecified atom stereocenters. The van der Waals surface area contributed by atoms with Crippen molar-refractivity contribution in [3.8, 4) is 0 Å². The lowest BCUT2D eigenvalue weighted by atomic mass is 10.1. The summed E-state index contributed by atoms with van der Waals surface area (Å²) in [6.07, 6.45) is 5.71. The van der Waals surface area contributed by atoms with Gasteiger partial charge in [0.1, 0.15) is 6.33 Å². The lowest BCUT2D eigenvalue weighted by Gasteiger charge is -2.02. The van der Waals surface area contributed by atoms with Crippen molar-refractivity contribution in [1.29, 1.82) is 0 Å². The van der Waals surface area contributed by atoms with Gasteiger partial charge in [-0.2, -0.15) is 0 Å². The molecule has 0 amide bonds. The van der Waals surface area contributed by atoms with Crippen molar-refractivity contribution in [3.05, 3.63) is 65.8 Å². The van der Waals surface area contributed by atoms with Gasteiger partial charge in [0, 0.05) is 11.8 Å². The second-order valence-electron chi connectivity index (χ2n) is 4.09. The molecular weight excluding hydrogens is 240 g/mol. The van der Waals surface area contributed by atoms with Crippen molar-refractivity contribution < 1.29 is 9.90 Å². The molecule has 4 heteroatoms. The van der Waals surface area contributed by atoms with Crippen LogP contribution < -0.4 is 0 Å². The van der Waals surface area contributed by atoms with E-state index in [1.807, 2.05) is 24.3 Å². The van der Waals surface area contributed by atoms with E-state index < -0.39 is 5.97 Å². The number of hydrogen-bond acceptors (Lipinski definition) is 3. The van der Waals surface area contributed by atoms with Gasteiger partial charge in [0.2, 0.25) is 0 Å². The zero-order valence-corrected chi connectivity index (χ0v) is 10.4. The first kappa shape index (κ1) is 13.0. The van der Waals surface area contributed by atoms with E-state index in [2.05, 4.69) is 22.1 Å². The van der Waals surface area contributed by atoms with E-state index in [-0.39, 0.29) is 0 Å². The summed E-state index contributed by atoms with van der Waals surface area (Å²) in [7, 11) is 0. The first-order chi connectivity index (χ1) is 9.24. The van der Waals surface area contributed by atoms with E-state index in [1.54, 1.807) is 0 Å². The Morgan fingerprint density at radius 1 is 1.16 bits per heavy atom. The van der Waals surface area contributed by atoms with Crippen LogP contribution in [0.25, 0.3) is 6.08 Å². The van der Waals surface area contributed by atoms with E-state index in [0.717, 1.165) is 24.6 Å². The molecule has 0 atom stereocenters. The quantitative estimate of drug-likeness (QED) is 0.832. The van der Waals surface area contributed by atoms with Crippen molar-refractivity contribution in [2.24, 2.45) is 0 Å². The minimum Gasteiger partial charge on any atom is -0.478 e. The average molecular weight is 254 g/mol. The molecule has 2 rings (SSSR count). The standard InChI is InChI=1S/C15H14N2O2/c18-15(19)9-8-14-10-13(16-11-17-14)7-6-12-4-2-1-3-5-12/h1-5,8-11H,6-7H2,(H,18,19)/b9-8+. The third kappa shape index (κ3) is 4.35. The molecule has 1 aromatic carbocycles. The van der Waals surface area contributed by atoms with Gasteiger partial charge in [-0.15, -0.1) is 0 Å². The number of aromatic nitrogens is 2. The summed E-state index contributed by atoms with van der Waals surface area (Å²) < 4.78 is 0. The number of nitrogens with zero attached hydrogens (tertiary/aromatic N) is 2.